The van der Waals surface area contributed by atoms with E-state index in [-0.39, 0.29) is 11.3 Å². The van der Waals surface area contributed by atoms with E-state index < -0.39 is 15.6 Å². The molecule has 2 heterocycles. The fraction of sp³-hybridized carbons (Fsp3) is 0.364. The highest BCUT2D eigenvalue weighted by atomic mass is 32.2. The third kappa shape index (κ3) is 3.10. The van der Waals surface area contributed by atoms with Crippen molar-refractivity contribution in [1.29, 1.82) is 0 Å². The third-order valence-electron chi connectivity index (χ3n) is 2.73. The molecule has 0 amide bonds. The Labute approximate surface area is 123 Å². The first-order valence-electron chi connectivity index (χ1n) is 5.64. The molecule has 1 aliphatic rings. The lowest BCUT2D eigenvalue weighted by atomic mass is 10.2. The molecule has 0 radical (unpaired) electrons. The van der Waals surface area contributed by atoms with Crippen LogP contribution in [0.5, 0.6) is 0 Å². The van der Waals surface area contributed by atoms with Crippen molar-refractivity contribution in [3.63, 3.8) is 0 Å². The zero-order valence-electron chi connectivity index (χ0n) is 11.0. The van der Waals surface area contributed by atoms with Crippen LogP contribution in [0.25, 0.3) is 0 Å². The van der Waals surface area contributed by atoms with Gasteiger partial charge in [-0.3, -0.25) is 4.98 Å². The molecular weight excluding hydrogens is 329 g/mol. The molecular formula is C11H11F3N2O3S2. The summed E-state index contributed by atoms with van der Waals surface area (Å²) in [6, 6.07) is 3.39. The van der Waals surface area contributed by atoms with Crippen molar-refractivity contribution in [2.45, 2.75) is 17.8 Å². The van der Waals surface area contributed by atoms with Gasteiger partial charge in [0, 0.05) is 24.3 Å². The molecule has 0 N–H and O–H groups in total. The van der Waals surface area contributed by atoms with Crippen LogP contribution in [0.1, 0.15) is 17.9 Å². The van der Waals surface area contributed by atoms with Crippen molar-refractivity contribution >= 4 is 21.9 Å². The number of rotatable bonds is 3. The summed E-state index contributed by atoms with van der Waals surface area (Å²) < 4.78 is 63.7. The lowest BCUT2D eigenvalue weighted by Gasteiger charge is -2.23. The van der Waals surface area contributed by atoms with Crippen LogP contribution in [0, 0.1) is 0 Å². The van der Waals surface area contributed by atoms with Crippen molar-refractivity contribution in [3.05, 3.63) is 40.9 Å². The lowest BCUT2D eigenvalue weighted by molar-refractivity contribution is -0.0535. The molecule has 1 aromatic heterocycles. The summed E-state index contributed by atoms with van der Waals surface area (Å²) in [4.78, 5) is 5.55. The normalized spacial score (nSPS) is 20.0. The standard InChI is InChI=1S/C11H11F3N2O3S2/c1-7-9(19-21(17,18)11(12,13)14)16(2)10(20-7)8-3-5-15-6-4-8/h3-6,10H,1-2H3. The zero-order chi connectivity index (χ0) is 15.8. The molecule has 0 spiro atoms. The van der Waals surface area contributed by atoms with E-state index in [1.165, 1.54) is 30.6 Å². The Morgan fingerprint density at radius 3 is 2.43 bits per heavy atom. The average molecular weight is 340 g/mol. The molecule has 116 valence electrons. The monoisotopic (exact) mass is 340 g/mol. The fourth-order valence-corrected chi connectivity index (χ4v) is 3.51. The minimum atomic E-state index is -5.68. The second kappa shape index (κ2) is 5.41. The topological polar surface area (TPSA) is 59.5 Å². The van der Waals surface area contributed by atoms with Gasteiger partial charge in [-0.15, -0.1) is 0 Å². The maximum atomic E-state index is 12.4. The van der Waals surface area contributed by atoms with Crippen LogP contribution in [0.3, 0.4) is 0 Å². The highest BCUT2D eigenvalue weighted by Crippen LogP contribution is 2.47. The molecule has 10 heteroatoms. The first kappa shape index (κ1) is 16.0. The number of halogens is 3. The summed E-state index contributed by atoms with van der Waals surface area (Å²) in [5.74, 6) is -0.320. The molecule has 1 aliphatic heterocycles. The van der Waals surface area contributed by atoms with Gasteiger partial charge >= 0.3 is 15.6 Å². The first-order chi connectivity index (χ1) is 9.63. The summed E-state index contributed by atoms with van der Waals surface area (Å²) in [5.41, 5.74) is -4.68. The number of allylic oxidation sites excluding steroid dienone is 1. The van der Waals surface area contributed by atoms with Crippen LogP contribution < -0.4 is 0 Å². The van der Waals surface area contributed by atoms with Gasteiger partial charge in [0.25, 0.3) is 0 Å². The number of hydrogen-bond acceptors (Lipinski definition) is 6. The van der Waals surface area contributed by atoms with Gasteiger partial charge in [-0.2, -0.15) is 21.6 Å². The van der Waals surface area contributed by atoms with Crippen molar-refractivity contribution in [3.8, 4) is 0 Å². The Morgan fingerprint density at radius 2 is 1.90 bits per heavy atom. The van der Waals surface area contributed by atoms with Gasteiger partial charge in [-0.05, 0) is 24.6 Å². The van der Waals surface area contributed by atoms with E-state index in [0.717, 1.165) is 5.56 Å². The summed E-state index contributed by atoms with van der Waals surface area (Å²) >= 11 is 1.21. The number of hydrogen-bond donors (Lipinski definition) is 0. The molecule has 1 atom stereocenters. The summed E-state index contributed by atoms with van der Waals surface area (Å²) in [6.07, 6.45) is 3.09. The Hall–Kier alpha value is -1.42. The SMILES string of the molecule is CC1=C(OS(=O)(=O)C(F)(F)F)N(C)C(c2ccncc2)S1. The number of thioether (sulfide) groups is 1. The molecule has 1 aromatic rings. The molecule has 0 saturated heterocycles. The van der Waals surface area contributed by atoms with Crippen LogP contribution in [0.2, 0.25) is 0 Å². The second-order valence-electron chi connectivity index (χ2n) is 4.21. The van der Waals surface area contributed by atoms with Gasteiger partial charge < -0.3 is 9.08 Å². The van der Waals surface area contributed by atoms with Gasteiger partial charge in [-0.1, -0.05) is 11.8 Å². The Kier molecular flexibility index (Phi) is 4.11. The van der Waals surface area contributed by atoms with E-state index in [9.17, 15) is 21.6 Å². The predicted molar refractivity (Wildman–Crippen MR) is 71.1 cm³/mol. The fourth-order valence-electron chi connectivity index (χ4n) is 1.74. The lowest BCUT2D eigenvalue weighted by Crippen LogP contribution is -2.29. The quantitative estimate of drug-likeness (QED) is 0.623. The second-order valence-corrected chi connectivity index (χ2v) is 7.04. The first-order valence-corrected chi connectivity index (χ1v) is 7.93. The molecule has 21 heavy (non-hydrogen) atoms. The third-order valence-corrected chi connectivity index (χ3v) is 5.01. The molecule has 0 bridgehead atoms. The molecule has 2 rings (SSSR count). The summed E-state index contributed by atoms with van der Waals surface area (Å²) in [7, 11) is -4.21. The average Bonchev–Trinajstić information content (AvgIpc) is 2.66. The van der Waals surface area contributed by atoms with Crippen LogP contribution >= 0.6 is 11.8 Å². The van der Waals surface area contributed by atoms with Crippen LogP contribution in [-0.2, 0) is 14.3 Å². The van der Waals surface area contributed by atoms with E-state index >= 15 is 0 Å². The smallest absolute Gasteiger partial charge is 0.357 e. The largest absolute Gasteiger partial charge is 0.534 e. The maximum Gasteiger partial charge on any atom is 0.534 e. The molecule has 0 fully saturated rings. The van der Waals surface area contributed by atoms with Crippen molar-refractivity contribution in [1.82, 2.24) is 9.88 Å². The highest BCUT2D eigenvalue weighted by molar-refractivity contribution is 8.03. The maximum absolute atomic E-state index is 12.4. The minimum absolute atomic E-state index is 0.320. The van der Waals surface area contributed by atoms with E-state index in [0.29, 0.717) is 4.91 Å². The minimum Gasteiger partial charge on any atom is -0.357 e. The molecule has 0 aliphatic carbocycles. The zero-order valence-corrected chi connectivity index (χ0v) is 12.6. The van der Waals surface area contributed by atoms with Crippen LogP contribution in [0.15, 0.2) is 35.3 Å². The van der Waals surface area contributed by atoms with Gasteiger partial charge in [-0.25, -0.2) is 0 Å². The molecule has 0 saturated carbocycles. The highest BCUT2D eigenvalue weighted by Gasteiger charge is 2.50. The van der Waals surface area contributed by atoms with E-state index in [2.05, 4.69) is 9.17 Å². The van der Waals surface area contributed by atoms with Crippen molar-refractivity contribution < 1.29 is 25.8 Å². The van der Waals surface area contributed by atoms with Crippen LogP contribution in [0.4, 0.5) is 13.2 Å². The van der Waals surface area contributed by atoms with Crippen molar-refractivity contribution in [2.24, 2.45) is 0 Å². The van der Waals surface area contributed by atoms with E-state index in [1.807, 2.05) is 0 Å². The van der Waals surface area contributed by atoms with E-state index in [1.54, 1.807) is 24.5 Å². The number of alkyl halides is 3. The van der Waals surface area contributed by atoms with Crippen LogP contribution in [-0.4, -0.2) is 30.9 Å². The van der Waals surface area contributed by atoms with Gasteiger partial charge in [0.05, 0.1) is 0 Å². The van der Waals surface area contributed by atoms with Gasteiger partial charge in [0.15, 0.2) is 0 Å². The van der Waals surface area contributed by atoms with Gasteiger partial charge in [0.1, 0.15) is 5.37 Å². The molecule has 1 unspecified atom stereocenters. The Balaban J connectivity index is 2.25. The summed E-state index contributed by atoms with van der Waals surface area (Å²) in [5, 5.41) is -0.369. The Morgan fingerprint density at radius 1 is 1.33 bits per heavy atom. The number of aromatic nitrogens is 1. The number of nitrogens with zero attached hydrogens (tertiary/aromatic N) is 2. The van der Waals surface area contributed by atoms with Gasteiger partial charge in [0.2, 0.25) is 5.88 Å². The molecule has 5 nitrogen and oxygen atoms in total. The predicted octanol–water partition coefficient (Wildman–Crippen LogP) is 2.81. The van der Waals surface area contributed by atoms with Crippen molar-refractivity contribution in [2.75, 3.05) is 7.05 Å². The Bertz CT molecular complexity index is 659. The summed E-state index contributed by atoms with van der Waals surface area (Å²) in [6.45, 7) is 1.50. The molecule has 0 aromatic carbocycles. The number of pyridine rings is 1. The van der Waals surface area contributed by atoms with E-state index in [4.69, 9.17) is 0 Å².